The molecule has 0 aliphatic carbocycles. The molecule has 0 saturated heterocycles. The largest absolute Gasteiger partial charge is 0.384 e. The number of hydrogen-bond donors (Lipinski definition) is 1. The van der Waals surface area contributed by atoms with Gasteiger partial charge in [-0.1, -0.05) is 32.4 Å². The molecule has 0 bridgehead atoms. The van der Waals surface area contributed by atoms with Gasteiger partial charge in [-0.25, -0.2) is 0 Å². The molecule has 0 amide bonds. The zero-order valence-corrected chi connectivity index (χ0v) is 9.55. The molecule has 0 fully saturated rings. The van der Waals surface area contributed by atoms with E-state index in [2.05, 4.69) is 32.2 Å². The Kier molecular flexibility index (Phi) is 6.92. The minimum absolute atomic E-state index is 0.510. The van der Waals surface area contributed by atoms with Crippen molar-refractivity contribution in [1.29, 1.82) is 0 Å². The Balaban J connectivity index is 4.16. The summed E-state index contributed by atoms with van der Waals surface area (Å²) in [6, 6.07) is 0. The predicted octanol–water partition coefficient (Wildman–Crippen LogP) is 2.07. The van der Waals surface area contributed by atoms with E-state index in [1.54, 1.807) is 7.11 Å². The molecule has 2 heteroatoms. The molecule has 2 nitrogen and oxygen atoms in total. The number of methoxy groups -OCH3 is 1. The van der Waals surface area contributed by atoms with Gasteiger partial charge in [0.15, 0.2) is 0 Å². The highest BCUT2D eigenvalue weighted by Crippen LogP contribution is 2.12. The van der Waals surface area contributed by atoms with Gasteiger partial charge in [0.2, 0.25) is 0 Å². The topological polar surface area (TPSA) is 21.3 Å². The number of nitrogens with one attached hydrogen (secondary N) is 1. The summed E-state index contributed by atoms with van der Waals surface area (Å²) in [5.41, 5.74) is 1.46. The summed E-state index contributed by atoms with van der Waals surface area (Å²) in [5.74, 6) is 1.13. The van der Waals surface area contributed by atoms with E-state index in [4.69, 9.17) is 4.74 Å². The molecule has 1 N–H and O–H groups in total. The van der Waals surface area contributed by atoms with Gasteiger partial charge in [0.1, 0.15) is 0 Å². The molecule has 0 aliphatic rings. The number of hydrogen-bond acceptors (Lipinski definition) is 2. The molecule has 0 rings (SSSR count). The second-order valence-corrected chi connectivity index (χ2v) is 3.86. The van der Waals surface area contributed by atoms with E-state index >= 15 is 0 Å². The quantitative estimate of drug-likeness (QED) is 0.640. The lowest BCUT2D eigenvalue weighted by molar-refractivity contribution is 0.175. The Morgan fingerprint density at radius 1 is 1.38 bits per heavy atom. The standard InChI is InChI=1S/C11H23NO/c1-9(2)11(7-12-4)6-10(3)8-13-5/h6,9-10,12H,7-8H2,1-5H3. The maximum absolute atomic E-state index is 5.10. The van der Waals surface area contributed by atoms with Crippen molar-refractivity contribution in [3.8, 4) is 0 Å². The molecule has 0 aliphatic heterocycles. The van der Waals surface area contributed by atoms with Crippen molar-refractivity contribution in [2.45, 2.75) is 20.8 Å². The van der Waals surface area contributed by atoms with E-state index < -0.39 is 0 Å². The Hall–Kier alpha value is -0.340. The average molecular weight is 185 g/mol. The van der Waals surface area contributed by atoms with Gasteiger partial charge >= 0.3 is 0 Å². The Bertz CT molecular complexity index is 152. The van der Waals surface area contributed by atoms with Crippen molar-refractivity contribution >= 4 is 0 Å². The van der Waals surface area contributed by atoms with Crippen LogP contribution in [-0.2, 0) is 4.74 Å². The van der Waals surface area contributed by atoms with Crippen LogP contribution in [0.4, 0.5) is 0 Å². The van der Waals surface area contributed by atoms with Gasteiger partial charge in [0.05, 0.1) is 6.61 Å². The molecule has 0 radical (unpaired) electrons. The minimum atomic E-state index is 0.510. The van der Waals surface area contributed by atoms with E-state index in [-0.39, 0.29) is 0 Å². The Morgan fingerprint density at radius 2 is 2.00 bits per heavy atom. The molecule has 0 aromatic rings. The summed E-state index contributed by atoms with van der Waals surface area (Å²) in [7, 11) is 3.73. The van der Waals surface area contributed by atoms with Crippen molar-refractivity contribution in [2.24, 2.45) is 11.8 Å². The second kappa shape index (κ2) is 7.10. The van der Waals surface area contributed by atoms with E-state index in [0.717, 1.165) is 13.2 Å². The van der Waals surface area contributed by atoms with Crippen LogP contribution in [0.15, 0.2) is 11.6 Å². The SMILES string of the molecule is CNCC(=CC(C)COC)C(C)C. The molecule has 78 valence electrons. The third-order valence-corrected chi connectivity index (χ3v) is 2.05. The molecule has 1 atom stereocenters. The molecule has 13 heavy (non-hydrogen) atoms. The normalized spacial score (nSPS) is 15.1. The molecule has 0 aromatic carbocycles. The molecule has 0 saturated carbocycles. The molecule has 1 unspecified atom stereocenters. The lowest BCUT2D eigenvalue weighted by atomic mass is 9.99. The highest BCUT2D eigenvalue weighted by Gasteiger charge is 2.04. The average Bonchev–Trinajstić information content (AvgIpc) is 2.04. The monoisotopic (exact) mass is 185 g/mol. The second-order valence-electron chi connectivity index (χ2n) is 3.86. The first kappa shape index (κ1) is 12.7. The van der Waals surface area contributed by atoms with Crippen molar-refractivity contribution in [2.75, 3.05) is 27.3 Å². The number of rotatable bonds is 6. The van der Waals surface area contributed by atoms with Crippen LogP contribution in [0.3, 0.4) is 0 Å². The van der Waals surface area contributed by atoms with Gasteiger partial charge in [-0.05, 0) is 18.9 Å². The third kappa shape index (κ3) is 5.83. The van der Waals surface area contributed by atoms with Gasteiger partial charge in [0.25, 0.3) is 0 Å². The first-order valence-electron chi connectivity index (χ1n) is 4.96. The zero-order valence-electron chi connectivity index (χ0n) is 9.55. The summed E-state index contributed by atoms with van der Waals surface area (Å²) >= 11 is 0. The molecule has 0 heterocycles. The van der Waals surface area contributed by atoms with Crippen LogP contribution < -0.4 is 5.32 Å². The summed E-state index contributed by atoms with van der Waals surface area (Å²) < 4.78 is 5.10. The fraction of sp³-hybridized carbons (Fsp3) is 0.818. The first-order valence-corrected chi connectivity index (χ1v) is 4.96. The highest BCUT2D eigenvalue weighted by molar-refractivity contribution is 5.08. The van der Waals surface area contributed by atoms with Gasteiger partial charge in [0, 0.05) is 13.7 Å². The molecule has 0 spiro atoms. The van der Waals surface area contributed by atoms with Crippen LogP contribution in [0, 0.1) is 11.8 Å². The van der Waals surface area contributed by atoms with E-state index in [1.807, 2.05) is 7.05 Å². The van der Waals surface area contributed by atoms with Crippen LogP contribution in [-0.4, -0.2) is 27.3 Å². The Labute approximate surface area is 82.4 Å². The minimum Gasteiger partial charge on any atom is -0.384 e. The van der Waals surface area contributed by atoms with Crippen LogP contribution in [0.25, 0.3) is 0 Å². The van der Waals surface area contributed by atoms with E-state index in [9.17, 15) is 0 Å². The van der Waals surface area contributed by atoms with Gasteiger partial charge in [-0.3, -0.25) is 0 Å². The van der Waals surface area contributed by atoms with Crippen molar-refractivity contribution in [3.63, 3.8) is 0 Å². The summed E-state index contributed by atoms with van der Waals surface area (Å²) in [4.78, 5) is 0. The maximum atomic E-state index is 5.10. The predicted molar refractivity (Wildman–Crippen MR) is 57.9 cm³/mol. The van der Waals surface area contributed by atoms with Gasteiger partial charge < -0.3 is 10.1 Å². The van der Waals surface area contributed by atoms with Crippen LogP contribution in [0.2, 0.25) is 0 Å². The Morgan fingerprint density at radius 3 is 2.38 bits per heavy atom. The van der Waals surface area contributed by atoms with Crippen molar-refractivity contribution in [3.05, 3.63) is 11.6 Å². The summed E-state index contributed by atoms with van der Waals surface area (Å²) in [6.45, 7) is 8.42. The van der Waals surface area contributed by atoms with Crippen molar-refractivity contribution < 1.29 is 4.74 Å². The van der Waals surface area contributed by atoms with Gasteiger partial charge in [-0.2, -0.15) is 0 Å². The maximum Gasteiger partial charge on any atom is 0.0522 e. The van der Waals surface area contributed by atoms with E-state index in [1.165, 1.54) is 5.57 Å². The summed E-state index contributed by atoms with van der Waals surface area (Å²) in [5, 5.41) is 3.19. The lowest BCUT2D eigenvalue weighted by Gasteiger charge is -2.14. The fourth-order valence-corrected chi connectivity index (χ4v) is 1.34. The van der Waals surface area contributed by atoms with Crippen molar-refractivity contribution in [1.82, 2.24) is 5.32 Å². The van der Waals surface area contributed by atoms with Gasteiger partial charge in [-0.15, -0.1) is 0 Å². The fourth-order valence-electron chi connectivity index (χ4n) is 1.34. The summed E-state index contributed by atoms with van der Waals surface area (Å²) in [6.07, 6.45) is 2.31. The van der Waals surface area contributed by atoms with E-state index in [0.29, 0.717) is 11.8 Å². The van der Waals surface area contributed by atoms with Crippen LogP contribution >= 0.6 is 0 Å². The highest BCUT2D eigenvalue weighted by atomic mass is 16.5. The van der Waals surface area contributed by atoms with Crippen LogP contribution in [0.5, 0.6) is 0 Å². The molecular formula is C11H23NO. The first-order chi connectivity index (χ1) is 6.11. The van der Waals surface area contributed by atoms with Crippen LogP contribution in [0.1, 0.15) is 20.8 Å². The number of likely N-dealkylation sites (N-methyl/N-ethyl adjacent to an activating group) is 1. The smallest absolute Gasteiger partial charge is 0.0522 e. The molecule has 0 aromatic heterocycles. The molecular weight excluding hydrogens is 162 g/mol. The third-order valence-electron chi connectivity index (χ3n) is 2.05. The zero-order chi connectivity index (χ0) is 10.3. The number of ether oxygens (including phenoxy) is 1. The lowest BCUT2D eigenvalue weighted by Crippen LogP contribution is -2.15.